The predicted octanol–water partition coefficient (Wildman–Crippen LogP) is 6.44. The number of aromatic amines is 1. The number of hydrogen-bond acceptors (Lipinski definition) is 5. The Morgan fingerprint density at radius 1 is 0.889 bits per heavy atom. The Hall–Kier alpha value is -4.78. The van der Waals surface area contributed by atoms with Gasteiger partial charge in [0.1, 0.15) is 12.1 Å². The third-order valence-corrected chi connectivity index (χ3v) is 5.05. The molecule has 0 atom stereocenters. The van der Waals surface area contributed by atoms with Crippen LogP contribution in [0.5, 0.6) is 0 Å². The summed E-state index contributed by atoms with van der Waals surface area (Å²) < 4.78 is 0. The second kappa shape index (κ2) is 13.2. The lowest BCUT2D eigenvalue weighted by Gasteiger charge is -2.04. The molecule has 0 spiro atoms. The molecule has 182 valence electrons. The molecule has 0 fully saturated rings. The molecule has 1 amide bonds. The third-order valence-electron chi connectivity index (χ3n) is 5.05. The van der Waals surface area contributed by atoms with Gasteiger partial charge in [0.05, 0.1) is 16.6 Å². The average Bonchev–Trinajstić information content (AvgIpc) is 3.39. The van der Waals surface area contributed by atoms with Crippen molar-refractivity contribution in [3.63, 3.8) is 0 Å². The number of imidazole rings is 1. The predicted molar refractivity (Wildman–Crippen MR) is 146 cm³/mol. The first kappa shape index (κ1) is 25.8. The number of aldehydes is 1. The van der Waals surface area contributed by atoms with E-state index < -0.39 is 0 Å². The third kappa shape index (κ3) is 6.87. The molecule has 2 aromatic heterocycles. The molecule has 0 aliphatic rings. The minimum absolute atomic E-state index is 0.195. The van der Waals surface area contributed by atoms with Crippen LogP contribution in [0.3, 0.4) is 0 Å². The Balaban J connectivity index is 0.000000305. The molecule has 2 heterocycles. The van der Waals surface area contributed by atoms with Crippen LogP contribution in [0.2, 0.25) is 0 Å². The lowest BCUT2D eigenvalue weighted by atomic mass is 10.2. The average molecular weight is 480 g/mol. The number of benzene rings is 3. The molecule has 3 aromatic carbocycles. The Kier molecular flexibility index (Phi) is 9.47. The summed E-state index contributed by atoms with van der Waals surface area (Å²) in [5, 5.41) is 5.98. The molecule has 0 radical (unpaired) electrons. The molecule has 36 heavy (non-hydrogen) atoms. The number of aromatic nitrogens is 3. The van der Waals surface area contributed by atoms with Crippen LogP contribution < -0.4 is 10.6 Å². The molecule has 0 unspecified atom stereocenters. The molecule has 0 aliphatic carbocycles. The SMILES string of the molecule is CC.CNc1ccc(-c2nc3ccc(NC(=O)c4cccnc4)cc3[nH]2)cc1.O=Cc1ccccc1. The smallest absolute Gasteiger partial charge is 0.257 e. The first-order valence-electron chi connectivity index (χ1n) is 11.7. The molecule has 5 rings (SSSR count). The number of pyridine rings is 1. The summed E-state index contributed by atoms with van der Waals surface area (Å²) in [6.07, 6.45) is 4.01. The van der Waals surface area contributed by atoms with Crippen LogP contribution in [0.25, 0.3) is 22.4 Å². The standard InChI is InChI=1S/C20H17N5O.C7H6O.C2H6/c1-21-15-6-4-13(5-7-15)19-24-17-9-8-16(11-18(17)25-19)23-20(26)14-3-2-10-22-12-14;8-6-7-4-2-1-3-5-7;1-2/h2-12,21H,1H3,(H,23,26)(H,24,25);1-6H;1-2H3. The number of amides is 1. The largest absolute Gasteiger partial charge is 0.388 e. The van der Waals surface area contributed by atoms with E-state index in [2.05, 4.69) is 25.6 Å². The second-order valence-electron chi connectivity index (χ2n) is 7.37. The first-order chi connectivity index (χ1) is 17.7. The van der Waals surface area contributed by atoms with Gasteiger partial charge in [0.2, 0.25) is 0 Å². The lowest BCUT2D eigenvalue weighted by molar-refractivity contribution is 0.102. The van der Waals surface area contributed by atoms with Gasteiger partial charge < -0.3 is 15.6 Å². The fourth-order valence-electron chi connectivity index (χ4n) is 3.25. The highest BCUT2D eigenvalue weighted by Gasteiger charge is 2.09. The topological polar surface area (TPSA) is 99.8 Å². The molecule has 0 aliphatic heterocycles. The Morgan fingerprint density at radius 3 is 2.22 bits per heavy atom. The van der Waals surface area contributed by atoms with Crippen molar-refractivity contribution < 1.29 is 9.59 Å². The van der Waals surface area contributed by atoms with Crippen molar-refractivity contribution in [2.75, 3.05) is 17.7 Å². The number of nitrogens with one attached hydrogen (secondary N) is 3. The van der Waals surface area contributed by atoms with Gasteiger partial charge in [-0.2, -0.15) is 0 Å². The highest BCUT2D eigenvalue weighted by atomic mass is 16.1. The van der Waals surface area contributed by atoms with Crippen molar-refractivity contribution in [1.29, 1.82) is 0 Å². The fourth-order valence-corrected chi connectivity index (χ4v) is 3.25. The molecule has 7 nitrogen and oxygen atoms in total. The number of carbonyl (C=O) groups excluding carboxylic acids is 2. The molecule has 0 bridgehead atoms. The highest BCUT2D eigenvalue weighted by molar-refractivity contribution is 6.04. The van der Waals surface area contributed by atoms with E-state index in [9.17, 15) is 9.59 Å². The number of anilines is 2. The molecule has 0 saturated heterocycles. The maximum absolute atomic E-state index is 12.3. The van der Waals surface area contributed by atoms with Gasteiger partial charge in [0.25, 0.3) is 5.91 Å². The summed E-state index contributed by atoms with van der Waals surface area (Å²) in [4.78, 5) is 34.2. The van der Waals surface area contributed by atoms with Crippen molar-refractivity contribution >= 4 is 34.6 Å². The molecule has 3 N–H and O–H groups in total. The zero-order valence-electron chi connectivity index (χ0n) is 20.5. The second-order valence-corrected chi connectivity index (χ2v) is 7.37. The van der Waals surface area contributed by atoms with Gasteiger partial charge in [-0.15, -0.1) is 0 Å². The Labute approximate surface area is 210 Å². The molecular formula is C29H29N5O2. The van der Waals surface area contributed by atoms with Crippen molar-refractivity contribution in [1.82, 2.24) is 15.0 Å². The zero-order valence-corrected chi connectivity index (χ0v) is 20.5. The minimum Gasteiger partial charge on any atom is -0.388 e. The highest BCUT2D eigenvalue weighted by Crippen LogP contribution is 2.24. The van der Waals surface area contributed by atoms with E-state index in [0.717, 1.165) is 40.0 Å². The minimum atomic E-state index is -0.195. The number of H-pyrrole nitrogens is 1. The number of hydrogen-bond donors (Lipinski definition) is 3. The Bertz CT molecular complexity index is 1380. The van der Waals surface area contributed by atoms with Crippen LogP contribution >= 0.6 is 0 Å². The van der Waals surface area contributed by atoms with E-state index in [1.54, 1.807) is 30.5 Å². The summed E-state index contributed by atoms with van der Waals surface area (Å²) in [5.74, 6) is 0.596. The van der Waals surface area contributed by atoms with E-state index in [-0.39, 0.29) is 5.91 Å². The fraction of sp³-hybridized carbons (Fsp3) is 0.103. The van der Waals surface area contributed by atoms with Crippen molar-refractivity contribution in [3.8, 4) is 11.4 Å². The lowest BCUT2D eigenvalue weighted by Crippen LogP contribution is -2.11. The Morgan fingerprint density at radius 2 is 1.61 bits per heavy atom. The van der Waals surface area contributed by atoms with Crippen LogP contribution in [0.4, 0.5) is 11.4 Å². The van der Waals surface area contributed by atoms with Crippen molar-refractivity contribution in [3.05, 3.63) is 108 Å². The van der Waals surface area contributed by atoms with Crippen molar-refractivity contribution in [2.45, 2.75) is 13.8 Å². The van der Waals surface area contributed by atoms with Crippen LogP contribution in [-0.2, 0) is 0 Å². The molecule has 5 aromatic rings. The molecule has 0 saturated carbocycles. The maximum atomic E-state index is 12.3. The van der Waals surface area contributed by atoms with Crippen LogP contribution in [0, 0.1) is 0 Å². The summed E-state index contributed by atoms with van der Waals surface area (Å²) in [5.41, 5.74) is 5.70. The quantitative estimate of drug-likeness (QED) is 0.252. The van der Waals surface area contributed by atoms with Gasteiger partial charge in [0, 0.05) is 41.9 Å². The normalized spacial score (nSPS) is 9.75. The van der Waals surface area contributed by atoms with Gasteiger partial charge in [-0.3, -0.25) is 14.6 Å². The van der Waals surface area contributed by atoms with E-state index >= 15 is 0 Å². The van der Waals surface area contributed by atoms with E-state index in [4.69, 9.17) is 0 Å². The number of rotatable bonds is 5. The number of nitrogens with zero attached hydrogens (tertiary/aromatic N) is 2. The summed E-state index contributed by atoms with van der Waals surface area (Å²) in [6, 6.07) is 26.2. The van der Waals surface area contributed by atoms with E-state index in [1.807, 2.05) is 81.6 Å². The summed E-state index contributed by atoms with van der Waals surface area (Å²) in [7, 11) is 1.89. The van der Waals surface area contributed by atoms with Gasteiger partial charge >= 0.3 is 0 Å². The van der Waals surface area contributed by atoms with Crippen LogP contribution in [-0.4, -0.2) is 34.2 Å². The molecule has 7 heteroatoms. The number of carbonyl (C=O) groups is 2. The summed E-state index contributed by atoms with van der Waals surface area (Å²) >= 11 is 0. The zero-order chi connectivity index (χ0) is 25.8. The summed E-state index contributed by atoms with van der Waals surface area (Å²) in [6.45, 7) is 4.00. The monoisotopic (exact) mass is 479 g/mol. The van der Waals surface area contributed by atoms with Gasteiger partial charge in [0.15, 0.2) is 0 Å². The van der Waals surface area contributed by atoms with Gasteiger partial charge in [-0.05, 0) is 54.6 Å². The van der Waals surface area contributed by atoms with E-state index in [1.165, 1.54) is 6.20 Å². The van der Waals surface area contributed by atoms with Crippen LogP contribution in [0.15, 0.2) is 97.3 Å². The van der Waals surface area contributed by atoms with Crippen LogP contribution in [0.1, 0.15) is 34.6 Å². The first-order valence-corrected chi connectivity index (χ1v) is 11.7. The van der Waals surface area contributed by atoms with Gasteiger partial charge in [-0.25, -0.2) is 4.98 Å². The maximum Gasteiger partial charge on any atom is 0.257 e. The van der Waals surface area contributed by atoms with Crippen molar-refractivity contribution in [2.24, 2.45) is 0 Å². The number of fused-ring (bicyclic) bond motifs is 1. The van der Waals surface area contributed by atoms with Gasteiger partial charge in [-0.1, -0.05) is 44.2 Å². The molecular weight excluding hydrogens is 450 g/mol. The van der Waals surface area contributed by atoms with E-state index in [0.29, 0.717) is 11.3 Å².